The van der Waals surface area contributed by atoms with Crippen molar-refractivity contribution in [3.63, 3.8) is 0 Å². The van der Waals surface area contributed by atoms with Gasteiger partial charge in [0.05, 0.1) is 4.01 Å². The zero-order valence-corrected chi connectivity index (χ0v) is 8.52. The van der Waals surface area contributed by atoms with Crippen molar-refractivity contribution in [3.05, 3.63) is 20.8 Å². The van der Waals surface area contributed by atoms with Gasteiger partial charge in [-0.15, -0.1) is 22.7 Å². The van der Waals surface area contributed by atoms with Crippen LogP contribution in [0.15, 0.2) is 15.9 Å². The predicted molar refractivity (Wildman–Crippen MR) is 52.1 cm³/mol. The van der Waals surface area contributed by atoms with Crippen molar-refractivity contribution in [2.45, 2.75) is 0 Å². The predicted octanol–water partition coefficient (Wildman–Crippen LogP) is 3.60. The number of nitriles is 1. The molecule has 0 saturated carbocycles. The van der Waals surface area contributed by atoms with Crippen LogP contribution in [0, 0.1) is 11.3 Å². The van der Waals surface area contributed by atoms with E-state index in [0.717, 1.165) is 14.7 Å². The highest BCUT2D eigenvalue weighted by atomic mass is 79.9. The van der Waals surface area contributed by atoms with Crippen LogP contribution in [0.4, 0.5) is 0 Å². The quantitative estimate of drug-likeness (QED) is 0.694. The number of fused-ring (bicyclic) bond motifs is 1. The van der Waals surface area contributed by atoms with E-state index in [4.69, 9.17) is 5.26 Å². The second kappa shape index (κ2) is 2.59. The van der Waals surface area contributed by atoms with Crippen molar-refractivity contribution in [1.82, 2.24) is 0 Å². The van der Waals surface area contributed by atoms with Gasteiger partial charge in [-0.05, 0) is 22.0 Å². The van der Waals surface area contributed by atoms with E-state index in [0.29, 0.717) is 0 Å². The Bertz CT molecular complexity index is 435. The molecule has 54 valence electrons. The highest BCUT2D eigenvalue weighted by Crippen LogP contribution is 2.36. The lowest BCUT2D eigenvalue weighted by atomic mass is 10.4. The zero-order valence-electron chi connectivity index (χ0n) is 5.30. The smallest absolute Gasteiger partial charge is 0.110 e. The first-order chi connectivity index (χ1) is 5.31. The van der Waals surface area contributed by atoms with Crippen LogP contribution in [0.3, 0.4) is 0 Å². The molecule has 0 unspecified atom stereocenters. The molecule has 2 rings (SSSR count). The Morgan fingerprint density at radius 3 is 3.00 bits per heavy atom. The number of rotatable bonds is 0. The van der Waals surface area contributed by atoms with Crippen molar-refractivity contribution in [2.75, 3.05) is 0 Å². The van der Waals surface area contributed by atoms with E-state index in [9.17, 15) is 0 Å². The van der Waals surface area contributed by atoms with Crippen LogP contribution in [-0.4, -0.2) is 0 Å². The van der Waals surface area contributed by atoms with Crippen LogP contribution < -0.4 is 0 Å². The molecular weight excluding hydrogens is 242 g/mol. The lowest BCUT2D eigenvalue weighted by molar-refractivity contribution is 1.52. The third-order valence-electron chi connectivity index (χ3n) is 1.33. The lowest BCUT2D eigenvalue weighted by Gasteiger charge is -1.74. The third kappa shape index (κ3) is 1.09. The fourth-order valence-electron chi connectivity index (χ4n) is 0.852. The minimum absolute atomic E-state index is 0.785. The van der Waals surface area contributed by atoms with E-state index in [2.05, 4.69) is 22.0 Å². The monoisotopic (exact) mass is 243 g/mol. The lowest BCUT2D eigenvalue weighted by Crippen LogP contribution is -1.55. The molecule has 11 heavy (non-hydrogen) atoms. The highest BCUT2D eigenvalue weighted by Gasteiger charge is 2.05. The SMILES string of the molecule is N#Cc1cc2c(Br)csc2s1. The second-order valence-electron chi connectivity index (χ2n) is 2.01. The molecular formula is C7H2BrNS2. The van der Waals surface area contributed by atoms with Gasteiger partial charge in [0, 0.05) is 15.2 Å². The third-order valence-corrected chi connectivity index (χ3v) is 4.45. The molecule has 0 bridgehead atoms. The van der Waals surface area contributed by atoms with Crippen molar-refractivity contribution in [1.29, 1.82) is 5.26 Å². The Kier molecular flexibility index (Phi) is 1.72. The van der Waals surface area contributed by atoms with Gasteiger partial charge in [0.15, 0.2) is 0 Å². The van der Waals surface area contributed by atoms with Gasteiger partial charge < -0.3 is 0 Å². The normalized spacial score (nSPS) is 10.2. The summed E-state index contributed by atoms with van der Waals surface area (Å²) in [5, 5.41) is 11.8. The van der Waals surface area contributed by atoms with Crippen LogP contribution in [0.25, 0.3) is 9.40 Å². The molecule has 0 amide bonds. The first-order valence-corrected chi connectivity index (χ1v) is 5.37. The molecule has 0 saturated heterocycles. The molecule has 4 heteroatoms. The summed E-state index contributed by atoms with van der Waals surface area (Å²) in [6.07, 6.45) is 0. The largest absolute Gasteiger partial charge is 0.192 e. The zero-order chi connectivity index (χ0) is 7.84. The summed E-state index contributed by atoms with van der Waals surface area (Å²) in [7, 11) is 0. The van der Waals surface area contributed by atoms with Gasteiger partial charge >= 0.3 is 0 Å². The highest BCUT2D eigenvalue weighted by molar-refractivity contribution is 9.10. The van der Waals surface area contributed by atoms with E-state index in [1.807, 2.05) is 11.4 Å². The molecule has 0 radical (unpaired) electrons. The summed E-state index contributed by atoms with van der Waals surface area (Å²) in [6, 6.07) is 4.05. The Labute approximate surface area is 80.0 Å². The van der Waals surface area contributed by atoms with Crippen LogP contribution in [0.5, 0.6) is 0 Å². The van der Waals surface area contributed by atoms with Gasteiger partial charge in [0.1, 0.15) is 10.9 Å². The van der Waals surface area contributed by atoms with Gasteiger partial charge in [-0.1, -0.05) is 0 Å². The fraction of sp³-hybridized carbons (Fsp3) is 0. The van der Waals surface area contributed by atoms with Crippen LogP contribution in [-0.2, 0) is 0 Å². The van der Waals surface area contributed by atoms with E-state index < -0.39 is 0 Å². The summed E-state index contributed by atoms with van der Waals surface area (Å²) in [6.45, 7) is 0. The van der Waals surface area contributed by atoms with Gasteiger partial charge in [-0.2, -0.15) is 5.26 Å². The van der Waals surface area contributed by atoms with Crippen molar-refractivity contribution < 1.29 is 0 Å². The summed E-state index contributed by atoms with van der Waals surface area (Å²) in [4.78, 5) is 0.785. The molecule has 0 spiro atoms. The molecule has 0 aromatic carbocycles. The van der Waals surface area contributed by atoms with Crippen molar-refractivity contribution in [3.8, 4) is 6.07 Å². The van der Waals surface area contributed by atoms with E-state index in [1.165, 1.54) is 4.01 Å². The average molecular weight is 244 g/mol. The van der Waals surface area contributed by atoms with Crippen LogP contribution in [0.2, 0.25) is 0 Å². The number of thiophene rings is 2. The molecule has 2 aromatic rings. The maximum absolute atomic E-state index is 8.60. The molecule has 2 heterocycles. The second-order valence-corrected chi connectivity index (χ2v) is 5.05. The first kappa shape index (κ1) is 7.29. The minimum Gasteiger partial charge on any atom is -0.192 e. The van der Waals surface area contributed by atoms with Crippen LogP contribution in [0.1, 0.15) is 4.88 Å². The topological polar surface area (TPSA) is 23.8 Å². The summed E-state index contributed by atoms with van der Waals surface area (Å²) >= 11 is 6.63. The summed E-state index contributed by atoms with van der Waals surface area (Å²) < 4.78 is 2.31. The maximum Gasteiger partial charge on any atom is 0.110 e. The van der Waals surface area contributed by atoms with E-state index in [1.54, 1.807) is 22.7 Å². The molecule has 0 N–H and O–H groups in total. The number of hydrogen-bond donors (Lipinski definition) is 0. The molecule has 0 aliphatic heterocycles. The molecule has 1 nitrogen and oxygen atoms in total. The molecule has 2 aromatic heterocycles. The summed E-state index contributed by atoms with van der Waals surface area (Å²) in [5.41, 5.74) is 0. The molecule has 0 aliphatic carbocycles. The molecule has 0 aliphatic rings. The number of hydrogen-bond acceptors (Lipinski definition) is 3. The van der Waals surface area contributed by atoms with E-state index >= 15 is 0 Å². The van der Waals surface area contributed by atoms with Crippen LogP contribution >= 0.6 is 38.6 Å². The average Bonchev–Trinajstić information content (AvgIpc) is 2.53. The fourth-order valence-corrected chi connectivity index (χ4v) is 3.65. The van der Waals surface area contributed by atoms with Gasteiger partial charge in [0.25, 0.3) is 0 Å². The minimum atomic E-state index is 0.785. The van der Waals surface area contributed by atoms with Crippen molar-refractivity contribution >= 4 is 48.0 Å². The summed E-state index contributed by atoms with van der Waals surface area (Å²) in [5.74, 6) is 0. The number of nitrogens with zero attached hydrogens (tertiary/aromatic N) is 1. The standard InChI is InChI=1S/C7H2BrNS2/c8-6-3-10-7-5(6)1-4(2-9)11-7/h1,3H. The van der Waals surface area contributed by atoms with Gasteiger partial charge in [-0.25, -0.2) is 0 Å². The van der Waals surface area contributed by atoms with Gasteiger partial charge in [0.2, 0.25) is 0 Å². The van der Waals surface area contributed by atoms with Crippen molar-refractivity contribution in [2.24, 2.45) is 0 Å². The van der Waals surface area contributed by atoms with Gasteiger partial charge in [-0.3, -0.25) is 0 Å². The Morgan fingerprint density at radius 1 is 1.55 bits per heavy atom. The van der Waals surface area contributed by atoms with E-state index in [-0.39, 0.29) is 0 Å². The first-order valence-electron chi connectivity index (χ1n) is 2.88. The maximum atomic E-state index is 8.60. The molecule has 0 fully saturated rings. The number of halogens is 1. The Balaban J connectivity index is 2.82. The Morgan fingerprint density at radius 2 is 2.36 bits per heavy atom. The Hall–Kier alpha value is -0.370. The molecule has 0 atom stereocenters.